The maximum atomic E-state index is 10.7. The molecular weight excluding hydrogens is 156 g/mol. The van der Waals surface area contributed by atoms with Crippen molar-refractivity contribution in [1.82, 2.24) is 0 Å². The quantitative estimate of drug-likeness (QED) is 0.644. The summed E-state index contributed by atoms with van der Waals surface area (Å²) in [4.78, 5) is 10.7. The molecule has 0 aromatic rings. The molecule has 0 radical (unpaired) electrons. The summed E-state index contributed by atoms with van der Waals surface area (Å²) in [6.07, 6.45) is 4.76. The van der Waals surface area contributed by atoms with Gasteiger partial charge in [0.15, 0.2) is 0 Å². The van der Waals surface area contributed by atoms with Gasteiger partial charge in [0.2, 0.25) is 0 Å². The van der Waals surface area contributed by atoms with Crippen LogP contribution < -0.4 is 0 Å². The van der Waals surface area contributed by atoms with E-state index in [1.54, 1.807) is 7.11 Å². The van der Waals surface area contributed by atoms with E-state index in [1.165, 1.54) is 0 Å². The Kier molecular flexibility index (Phi) is 3.53. The second-order valence-electron chi connectivity index (χ2n) is 3.40. The van der Waals surface area contributed by atoms with Crippen LogP contribution in [0.2, 0.25) is 0 Å². The molecule has 0 aromatic carbocycles. The van der Waals surface area contributed by atoms with Gasteiger partial charge in [-0.05, 0) is 25.7 Å². The number of methoxy groups -OCH3 is 1. The number of carbonyl (C=O) groups is 1. The molecule has 0 amide bonds. The first-order chi connectivity index (χ1) is 5.74. The molecule has 0 bridgehead atoms. The fourth-order valence-electron chi connectivity index (χ4n) is 1.75. The Hall–Kier alpha value is -0.570. The number of ether oxygens (including phenoxy) is 1. The maximum absolute atomic E-state index is 10.7. The molecule has 0 aromatic heterocycles. The van der Waals surface area contributed by atoms with Crippen LogP contribution in [-0.4, -0.2) is 24.3 Å². The maximum Gasteiger partial charge on any atom is 0.306 e. The molecule has 1 N–H and O–H groups in total. The third-order valence-corrected chi connectivity index (χ3v) is 2.60. The molecule has 12 heavy (non-hydrogen) atoms. The van der Waals surface area contributed by atoms with Crippen LogP contribution in [0.25, 0.3) is 0 Å². The lowest BCUT2D eigenvalue weighted by atomic mass is 10.0. The summed E-state index contributed by atoms with van der Waals surface area (Å²) in [6.45, 7) is 0. The fourth-order valence-corrected chi connectivity index (χ4v) is 1.75. The Morgan fingerprint density at radius 1 is 1.33 bits per heavy atom. The summed E-state index contributed by atoms with van der Waals surface area (Å²) in [5.74, 6) is -0.781. The number of hydrogen-bond donors (Lipinski definition) is 1. The van der Waals surface area contributed by atoms with Gasteiger partial charge in [0.1, 0.15) is 0 Å². The zero-order valence-corrected chi connectivity index (χ0v) is 7.45. The monoisotopic (exact) mass is 172 g/mol. The standard InChI is InChI=1S/C9H16O3/c1-12-8-4-2-3-7(5-6-8)9(10)11/h7-8H,2-6H2,1H3,(H,10,11)/t7-,8+/m0/s1. The van der Waals surface area contributed by atoms with Gasteiger partial charge >= 0.3 is 5.97 Å². The van der Waals surface area contributed by atoms with E-state index >= 15 is 0 Å². The number of rotatable bonds is 2. The summed E-state index contributed by atoms with van der Waals surface area (Å²) in [5.41, 5.74) is 0. The summed E-state index contributed by atoms with van der Waals surface area (Å²) < 4.78 is 5.21. The van der Waals surface area contributed by atoms with Crippen molar-refractivity contribution < 1.29 is 14.6 Å². The first-order valence-corrected chi connectivity index (χ1v) is 4.49. The van der Waals surface area contributed by atoms with E-state index in [0.29, 0.717) is 0 Å². The summed E-state index contributed by atoms with van der Waals surface area (Å²) in [6, 6.07) is 0. The lowest BCUT2D eigenvalue weighted by Crippen LogP contribution is -2.13. The zero-order valence-electron chi connectivity index (χ0n) is 7.45. The Labute approximate surface area is 72.7 Å². The van der Waals surface area contributed by atoms with E-state index in [0.717, 1.165) is 32.1 Å². The molecule has 0 unspecified atom stereocenters. The van der Waals surface area contributed by atoms with Crippen LogP contribution in [0.4, 0.5) is 0 Å². The highest BCUT2D eigenvalue weighted by atomic mass is 16.5. The number of aliphatic carboxylic acids is 1. The van der Waals surface area contributed by atoms with Crippen molar-refractivity contribution in [1.29, 1.82) is 0 Å². The summed E-state index contributed by atoms with van der Waals surface area (Å²) in [5, 5.41) is 8.78. The zero-order chi connectivity index (χ0) is 8.97. The first-order valence-electron chi connectivity index (χ1n) is 4.49. The SMILES string of the molecule is CO[C@@H]1CCC[C@H](C(=O)O)CC1. The van der Waals surface area contributed by atoms with E-state index in [-0.39, 0.29) is 12.0 Å². The van der Waals surface area contributed by atoms with Crippen LogP contribution >= 0.6 is 0 Å². The third-order valence-electron chi connectivity index (χ3n) is 2.60. The molecule has 0 aliphatic heterocycles. The average Bonchev–Trinajstić information content (AvgIpc) is 2.28. The van der Waals surface area contributed by atoms with Gasteiger partial charge in [0.05, 0.1) is 12.0 Å². The smallest absolute Gasteiger partial charge is 0.306 e. The molecule has 3 heteroatoms. The molecule has 1 rings (SSSR count). The average molecular weight is 172 g/mol. The van der Waals surface area contributed by atoms with E-state index in [1.807, 2.05) is 0 Å². The summed E-state index contributed by atoms with van der Waals surface area (Å²) in [7, 11) is 1.70. The molecular formula is C9H16O3. The molecule has 1 saturated carbocycles. The lowest BCUT2D eigenvalue weighted by molar-refractivity contribution is -0.142. The predicted octanol–water partition coefficient (Wildman–Crippen LogP) is 1.67. The van der Waals surface area contributed by atoms with Crippen LogP contribution in [0, 0.1) is 5.92 Å². The predicted molar refractivity (Wildman–Crippen MR) is 45.0 cm³/mol. The van der Waals surface area contributed by atoms with Crippen molar-refractivity contribution in [3.8, 4) is 0 Å². The molecule has 0 heterocycles. The normalized spacial score (nSPS) is 31.1. The molecule has 1 fully saturated rings. The third kappa shape index (κ3) is 2.48. The van der Waals surface area contributed by atoms with Crippen LogP contribution in [0.3, 0.4) is 0 Å². The first kappa shape index (κ1) is 9.52. The highest BCUT2D eigenvalue weighted by Crippen LogP contribution is 2.24. The van der Waals surface area contributed by atoms with E-state index in [4.69, 9.17) is 9.84 Å². The van der Waals surface area contributed by atoms with Gasteiger partial charge in [-0.2, -0.15) is 0 Å². The topological polar surface area (TPSA) is 46.5 Å². The Morgan fingerprint density at radius 3 is 2.67 bits per heavy atom. The highest BCUT2D eigenvalue weighted by Gasteiger charge is 2.22. The van der Waals surface area contributed by atoms with Crippen molar-refractivity contribution >= 4 is 5.97 Å². The van der Waals surface area contributed by atoms with Crippen LogP contribution in [-0.2, 0) is 9.53 Å². The van der Waals surface area contributed by atoms with Crippen molar-refractivity contribution in [2.24, 2.45) is 5.92 Å². The lowest BCUT2D eigenvalue weighted by Gasteiger charge is -2.10. The summed E-state index contributed by atoms with van der Waals surface area (Å²) >= 11 is 0. The molecule has 2 atom stereocenters. The van der Waals surface area contributed by atoms with Gasteiger partial charge in [0.25, 0.3) is 0 Å². The van der Waals surface area contributed by atoms with Gasteiger partial charge < -0.3 is 9.84 Å². The largest absolute Gasteiger partial charge is 0.481 e. The van der Waals surface area contributed by atoms with Crippen molar-refractivity contribution in [2.45, 2.75) is 38.2 Å². The van der Waals surface area contributed by atoms with E-state index in [2.05, 4.69) is 0 Å². The minimum atomic E-state index is -0.647. The van der Waals surface area contributed by atoms with Crippen molar-refractivity contribution in [3.63, 3.8) is 0 Å². The van der Waals surface area contributed by atoms with Crippen molar-refractivity contribution in [2.75, 3.05) is 7.11 Å². The molecule has 0 saturated heterocycles. The molecule has 0 spiro atoms. The van der Waals surface area contributed by atoms with Crippen LogP contribution in [0.15, 0.2) is 0 Å². The van der Waals surface area contributed by atoms with E-state index in [9.17, 15) is 4.79 Å². The molecule has 3 nitrogen and oxygen atoms in total. The Morgan fingerprint density at radius 2 is 2.08 bits per heavy atom. The second-order valence-corrected chi connectivity index (χ2v) is 3.40. The minimum Gasteiger partial charge on any atom is -0.481 e. The fraction of sp³-hybridized carbons (Fsp3) is 0.889. The van der Waals surface area contributed by atoms with Gasteiger partial charge in [0, 0.05) is 7.11 Å². The highest BCUT2D eigenvalue weighted by molar-refractivity contribution is 5.69. The minimum absolute atomic E-state index is 0.134. The van der Waals surface area contributed by atoms with Crippen molar-refractivity contribution in [3.05, 3.63) is 0 Å². The van der Waals surface area contributed by atoms with Crippen LogP contribution in [0.5, 0.6) is 0 Å². The Balaban J connectivity index is 2.39. The van der Waals surface area contributed by atoms with E-state index < -0.39 is 5.97 Å². The van der Waals surface area contributed by atoms with Gasteiger partial charge in [-0.25, -0.2) is 0 Å². The van der Waals surface area contributed by atoms with Crippen LogP contribution in [0.1, 0.15) is 32.1 Å². The second kappa shape index (κ2) is 4.45. The number of carboxylic acid groups (broad SMARTS) is 1. The molecule has 70 valence electrons. The molecule has 1 aliphatic carbocycles. The Bertz CT molecular complexity index is 156. The van der Waals surface area contributed by atoms with Gasteiger partial charge in [-0.15, -0.1) is 0 Å². The number of hydrogen-bond acceptors (Lipinski definition) is 2. The number of carboxylic acids is 1. The van der Waals surface area contributed by atoms with Gasteiger partial charge in [-0.1, -0.05) is 6.42 Å². The van der Waals surface area contributed by atoms with Gasteiger partial charge in [-0.3, -0.25) is 4.79 Å². The molecule has 1 aliphatic rings.